The minimum Gasteiger partial charge on any atom is -0.251 e. The van der Waals surface area contributed by atoms with Crippen LogP contribution >= 0.6 is 0 Å². The predicted octanol–water partition coefficient (Wildman–Crippen LogP) is 8.47. The van der Waals surface area contributed by atoms with E-state index in [4.69, 9.17) is 9.98 Å². The maximum Gasteiger partial charge on any atom is 0.0883 e. The number of aliphatic imine (C=N–C) groups is 2. The lowest BCUT2D eigenvalue weighted by atomic mass is 9.80. The molecule has 2 nitrogen and oxygen atoms in total. The van der Waals surface area contributed by atoms with E-state index >= 15 is 0 Å². The van der Waals surface area contributed by atoms with E-state index in [9.17, 15) is 0 Å². The van der Waals surface area contributed by atoms with Gasteiger partial charge >= 0.3 is 0 Å². The van der Waals surface area contributed by atoms with Crippen LogP contribution in [0, 0.1) is 5.92 Å². The first kappa shape index (κ1) is 23.1. The Bertz CT molecular complexity index is 1470. The topological polar surface area (TPSA) is 24.7 Å². The molecule has 0 N–H and O–H groups in total. The Hall–Kier alpha value is -4.30. The van der Waals surface area contributed by atoms with Crippen molar-refractivity contribution in [1.29, 1.82) is 0 Å². The van der Waals surface area contributed by atoms with E-state index in [0.29, 0.717) is 0 Å². The lowest BCUT2D eigenvalue weighted by Gasteiger charge is -2.30. The Morgan fingerprint density at radius 3 is 2.03 bits per heavy atom. The van der Waals surface area contributed by atoms with E-state index in [1.807, 2.05) is 6.07 Å². The Labute approximate surface area is 219 Å². The lowest BCUT2D eigenvalue weighted by Crippen LogP contribution is -2.27. The van der Waals surface area contributed by atoms with Gasteiger partial charge in [-0.1, -0.05) is 134 Å². The SMILES string of the molecule is C=C1C(C2=NC(c3ccccc3)=CC(c3ccccc3)C2)=NC(C2C=CC=CC2)=CC1c1ccccc1. The molecule has 6 rings (SSSR count). The molecule has 0 amide bonds. The van der Waals surface area contributed by atoms with Crippen LogP contribution in [0.25, 0.3) is 5.70 Å². The fourth-order valence-electron chi connectivity index (χ4n) is 5.39. The van der Waals surface area contributed by atoms with Gasteiger partial charge in [0, 0.05) is 29.9 Å². The third-order valence-electron chi connectivity index (χ3n) is 7.38. The van der Waals surface area contributed by atoms with Gasteiger partial charge in [0.2, 0.25) is 0 Å². The molecule has 0 spiro atoms. The van der Waals surface area contributed by atoms with Crippen LogP contribution in [0.4, 0.5) is 0 Å². The van der Waals surface area contributed by atoms with E-state index in [1.165, 1.54) is 11.1 Å². The number of allylic oxidation sites excluding steroid dienone is 7. The van der Waals surface area contributed by atoms with Crippen molar-refractivity contribution in [3.63, 3.8) is 0 Å². The van der Waals surface area contributed by atoms with Gasteiger partial charge in [0.25, 0.3) is 0 Å². The molecular formula is C35H30N2. The summed E-state index contributed by atoms with van der Waals surface area (Å²) in [5.74, 6) is 0.561. The van der Waals surface area contributed by atoms with E-state index in [-0.39, 0.29) is 17.8 Å². The zero-order chi connectivity index (χ0) is 25.0. The normalized spacial score (nSPS) is 23.1. The zero-order valence-electron chi connectivity index (χ0n) is 20.9. The molecule has 0 fully saturated rings. The molecule has 3 aromatic carbocycles. The first-order valence-electron chi connectivity index (χ1n) is 13.0. The summed E-state index contributed by atoms with van der Waals surface area (Å²) < 4.78 is 0. The molecule has 2 aliphatic heterocycles. The van der Waals surface area contributed by atoms with Crippen LogP contribution in [0.5, 0.6) is 0 Å². The average molecular weight is 479 g/mol. The number of nitrogens with zero attached hydrogens (tertiary/aromatic N) is 2. The van der Waals surface area contributed by atoms with Gasteiger partial charge in [-0.15, -0.1) is 0 Å². The van der Waals surface area contributed by atoms with Crippen molar-refractivity contribution in [2.45, 2.75) is 24.7 Å². The Kier molecular flexibility index (Phi) is 6.47. The van der Waals surface area contributed by atoms with Crippen LogP contribution in [0.2, 0.25) is 0 Å². The second kappa shape index (κ2) is 10.4. The quantitative estimate of drug-likeness (QED) is 0.351. The molecule has 3 atom stereocenters. The van der Waals surface area contributed by atoms with Crippen LogP contribution in [0.1, 0.15) is 41.4 Å². The van der Waals surface area contributed by atoms with Gasteiger partial charge in [0.05, 0.1) is 17.1 Å². The minimum atomic E-state index is 0.0759. The van der Waals surface area contributed by atoms with Crippen molar-refractivity contribution >= 4 is 17.1 Å². The van der Waals surface area contributed by atoms with Gasteiger partial charge in [-0.3, -0.25) is 9.98 Å². The molecule has 180 valence electrons. The highest BCUT2D eigenvalue weighted by atomic mass is 14.9. The molecule has 3 aliphatic rings. The Morgan fingerprint density at radius 2 is 1.35 bits per heavy atom. The first-order valence-corrected chi connectivity index (χ1v) is 13.0. The zero-order valence-corrected chi connectivity index (χ0v) is 20.9. The second-order valence-corrected chi connectivity index (χ2v) is 9.82. The summed E-state index contributed by atoms with van der Waals surface area (Å²) in [6.07, 6.45) is 15.1. The minimum absolute atomic E-state index is 0.0759. The van der Waals surface area contributed by atoms with Crippen LogP contribution in [0.3, 0.4) is 0 Å². The van der Waals surface area contributed by atoms with Crippen molar-refractivity contribution in [2.24, 2.45) is 15.9 Å². The maximum absolute atomic E-state index is 5.28. The molecule has 0 radical (unpaired) electrons. The summed E-state index contributed by atoms with van der Waals surface area (Å²) in [5, 5.41) is 0. The van der Waals surface area contributed by atoms with Gasteiger partial charge in [0.15, 0.2) is 0 Å². The summed E-state index contributed by atoms with van der Waals surface area (Å²) in [4.78, 5) is 10.5. The first-order chi connectivity index (χ1) is 18.3. The van der Waals surface area contributed by atoms with E-state index in [2.05, 4.69) is 128 Å². The van der Waals surface area contributed by atoms with Crippen molar-refractivity contribution in [3.8, 4) is 0 Å². The average Bonchev–Trinajstić information content (AvgIpc) is 2.99. The Balaban J connectivity index is 1.45. The summed E-state index contributed by atoms with van der Waals surface area (Å²) in [5.41, 5.74) is 8.73. The lowest BCUT2D eigenvalue weighted by molar-refractivity contribution is 0.740. The van der Waals surface area contributed by atoms with Gasteiger partial charge in [-0.2, -0.15) is 0 Å². The van der Waals surface area contributed by atoms with Gasteiger partial charge in [0.1, 0.15) is 0 Å². The summed E-state index contributed by atoms with van der Waals surface area (Å²) >= 11 is 0. The molecule has 2 heterocycles. The third-order valence-corrected chi connectivity index (χ3v) is 7.38. The molecule has 0 bridgehead atoms. The van der Waals surface area contributed by atoms with Crippen LogP contribution < -0.4 is 0 Å². The fourth-order valence-corrected chi connectivity index (χ4v) is 5.39. The summed E-state index contributed by atoms with van der Waals surface area (Å²) in [6.45, 7) is 4.60. The highest BCUT2D eigenvalue weighted by Crippen LogP contribution is 2.39. The largest absolute Gasteiger partial charge is 0.251 e. The van der Waals surface area contributed by atoms with E-state index in [0.717, 1.165) is 46.8 Å². The molecule has 37 heavy (non-hydrogen) atoms. The maximum atomic E-state index is 5.28. The molecule has 3 unspecified atom stereocenters. The fraction of sp³-hybridized carbons (Fsp3) is 0.143. The molecule has 0 aromatic heterocycles. The van der Waals surface area contributed by atoms with Gasteiger partial charge < -0.3 is 0 Å². The summed E-state index contributed by atoms with van der Waals surface area (Å²) in [6, 6.07) is 31.8. The van der Waals surface area contributed by atoms with Crippen molar-refractivity contribution < 1.29 is 0 Å². The Morgan fingerprint density at radius 1 is 0.676 bits per heavy atom. The molecule has 0 saturated heterocycles. The molecule has 3 aromatic rings. The predicted molar refractivity (Wildman–Crippen MR) is 156 cm³/mol. The van der Waals surface area contributed by atoms with Crippen LogP contribution in [0.15, 0.2) is 155 Å². The van der Waals surface area contributed by atoms with Gasteiger partial charge in [-0.25, -0.2) is 0 Å². The monoisotopic (exact) mass is 478 g/mol. The molecule has 1 aliphatic carbocycles. The second-order valence-electron chi connectivity index (χ2n) is 9.82. The third kappa shape index (κ3) is 4.88. The van der Waals surface area contributed by atoms with Gasteiger partial charge in [-0.05, 0) is 28.7 Å². The highest BCUT2D eigenvalue weighted by Gasteiger charge is 2.31. The number of benzene rings is 3. The van der Waals surface area contributed by atoms with E-state index in [1.54, 1.807) is 0 Å². The van der Waals surface area contributed by atoms with Crippen LogP contribution in [-0.4, -0.2) is 11.4 Å². The van der Waals surface area contributed by atoms with Crippen LogP contribution in [-0.2, 0) is 0 Å². The van der Waals surface area contributed by atoms with Crippen molar-refractivity contribution in [1.82, 2.24) is 0 Å². The summed E-state index contributed by atoms with van der Waals surface area (Å²) in [7, 11) is 0. The van der Waals surface area contributed by atoms with Crippen molar-refractivity contribution in [3.05, 3.63) is 162 Å². The van der Waals surface area contributed by atoms with Crippen molar-refractivity contribution in [2.75, 3.05) is 0 Å². The smallest absolute Gasteiger partial charge is 0.0883 e. The van der Waals surface area contributed by atoms with E-state index < -0.39 is 0 Å². The number of hydrogen-bond acceptors (Lipinski definition) is 2. The highest BCUT2D eigenvalue weighted by molar-refractivity contribution is 6.50. The number of hydrogen-bond donors (Lipinski definition) is 0. The molecular weight excluding hydrogens is 448 g/mol. The molecule has 0 saturated carbocycles. The molecule has 2 heteroatoms. The number of rotatable bonds is 5. The standard InChI is InChI=1S/C35H30N2/c1-25-31(27-16-8-3-9-17-27)24-33(29-20-12-5-13-21-29)37-35(25)34-23-30(26-14-6-2-7-15-26)22-32(36-34)28-18-10-4-11-19-28/h2-20,22,24,29-31H,1,21,23H2.